The molecule has 0 radical (unpaired) electrons. The summed E-state index contributed by atoms with van der Waals surface area (Å²) in [6, 6.07) is 0. The third-order valence-electron chi connectivity index (χ3n) is 1.03. The van der Waals surface area contributed by atoms with Gasteiger partial charge in [-0.05, 0) is 6.08 Å². The van der Waals surface area contributed by atoms with Gasteiger partial charge in [0.2, 0.25) is 0 Å². The van der Waals surface area contributed by atoms with Crippen LogP contribution in [0.3, 0.4) is 0 Å². The van der Waals surface area contributed by atoms with Gasteiger partial charge in [-0.2, -0.15) is 0 Å². The number of aliphatic hydroxyl groups is 1. The summed E-state index contributed by atoms with van der Waals surface area (Å²) < 4.78 is 0. The zero-order valence-corrected chi connectivity index (χ0v) is 5.81. The summed E-state index contributed by atoms with van der Waals surface area (Å²) in [5.41, 5.74) is 0. The van der Waals surface area contributed by atoms with Gasteiger partial charge < -0.3 is 10.2 Å². The molecule has 1 aromatic rings. The van der Waals surface area contributed by atoms with E-state index >= 15 is 0 Å². The molecule has 1 heterocycles. The Labute approximate surface area is 63.9 Å². The lowest BCUT2D eigenvalue weighted by Gasteiger charge is -1.90. The Kier molecular flexibility index (Phi) is 2.57. The highest BCUT2D eigenvalue weighted by Gasteiger charge is 1.89. The van der Waals surface area contributed by atoms with Crippen LogP contribution in [0.2, 0.25) is 0 Å². The third kappa shape index (κ3) is 2.35. The molecule has 0 saturated carbocycles. The summed E-state index contributed by atoms with van der Waals surface area (Å²) in [4.78, 5) is 7.51. The van der Waals surface area contributed by atoms with E-state index in [1.807, 2.05) is 0 Å². The molecule has 0 unspecified atom stereocenters. The molecule has 0 aliphatic rings. The number of aliphatic hydroxyl groups excluding tert-OH is 1. The van der Waals surface area contributed by atoms with E-state index in [1.165, 1.54) is 18.5 Å². The first-order chi connectivity index (χ1) is 5.33. The molecule has 0 bridgehead atoms. The zero-order chi connectivity index (χ0) is 8.10. The molecule has 11 heavy (non-hydrogen) atoms. The largest absolute Gasteiger partial charge is 0.505 e. The van der Waals surface area contributed by atoms with E-state index in [9.17, 15) is 0 Å². The van der Waals surface area contributed by atoms with Crippen molar-refractivity contribution in [2.45, 2.75) is 0 Å². The van der Waals surface area contributed by atoms with E-state index in [4.69, 9.17) is 10.2 Å². The van der Waals surface area contributed by atoms with Crippen LogP contribution in [0, 0.1) is 0 Å². The van der Waals surface area contributed by atoms with E-state index in [1.54, 1.807) is 6.08 Å². The maximum atomic E-state index is 8.78. The molecule has 0 aliphatic heterocycles. The Morgan fingerprint density at radius 3 is 2.55 bits per heavy atom. The Morgan fingerprint density at radius 2 is 2.00 bits per heavy atom. The van der Waals surface area contributed by atoms with E-state index < -0.39 is 0 Å². The molecule has 1 aromatic heterocycles. The average Bonchev–Trinajstić information content (AvgIpc) is 2.04. The highest BCUT2D eigenvalue weighted by atomic mass is 16.3. The highest BCUT2D eigenvalue weighted by molar-refractivity contribution is 5.39. The first-order valence-electron chi connectivity index (χ1n) is 3.11. The second kappa shape index (κ2) is 3.68. The fraction of sp³-hybridized carbons (Fsp3) is 0.143. The Bertz CT molecular complexity index is 243. The molecule has 0 aromatic carbocycles. The van der Waals surface area contributed by atoms with Crippen molar-refractivity contribution in [2.75, 3.05) is 6.61 Å². The van der Waals surface area contributed by atoms with Crippen LogP contribution in [0.1, 0.15) is 5.82 Å². The molecule has 4 heteroatoms. The molecule has 4 nitrogen and oxygen atoms in total. The van der Waals surface area contributed by atoms with Gasteiger partial charge in [-0.1, -0.05) is 6.08 Å². The molecule has 1 rings (SSSR count). The predicted molar refractivity (Wildman–Crippen MR) is 39.8 cm³/mol. The maximum Gasteiger partial charge on any atom is 0.152 e. The van der Waals surface area contributed by atoms with Gasteiger partial charge >= 0.3 is 0 Å². The van der Waals surface area contributed by atoms with E-state index in [0.29, 0.717) is 5.82 Å². The molecular formula is C7H8N2O2. The van der Waals surface area contributed by atoms with Crippen LogP contribution in [0.5, 0.6) is 5.75 Å². The predicted octanol–water partition coefficient (Wildman–Crippen LogP) is 0.188. The monoisotopic (exact) mass is 152 g/mol. The molecule has 0 saturated heterocycles. The molecule has 0 spiro atoms. The van der Waals surface area contributed by atoms with Crippen LogP contribution in [0.15, 0.2) is 18.5 Å². The average molecular weight is 152 g/mol. The zero-order valence-electron chi connectivity index (χ0n) is 5.81. The van der Waals surface area contributed by atoms with Gasteiger partial charge in [-0.3, -0.25) is 0 Å². The fourth-order valence-corrected chi connectivity index (χ4v) is 0.575. The van der Waals surface area contributed by atoms with E-state index in [2.05, 4.69) is 9.97 Å². The van der Waals surface area contributed by atoms with Gasteiger partial charge in [0, 0.05) is 0 Å². The third-order valence-corrected chi connectivity index (χ3v) is 1.03. The molecular weight excluding hydrogens is 144 g/mol. The summed E-state index contributed by atoms with van der Waals surface area (Å²) in [6.07, 6.45) is 5.68. The van der Waals surface area contributed by atoms with Gasteiger partial charge in [0.25, 0.3) is 0 Å². The van der Waals surface area contributed by atoms with E-state index in [0.717, 1.165) is 0 Å². The van der Waals surface area contributed by atoms with Crippen LogP contribution < -0.4 is 0 Å². The maximum absolute atomic E-state index is 8.78. The number of rotatable bonds is 2. The van der Waals surface area contributed by atoms with Gasteiger partial charge in [0.05, 0.1) is 19.0 Å². The van der Waals surface area contributed by atoms with Crippen molar-refractivity contribution in [2.24, 2.45) is 0 Å². The van der Waals surface area contributed by atoms with Crippen LogP contribution in [0.4, 0.5) is 0 Å². The SMILES string of the molecule is OCC=Cc1ncc(O)cn1. The van der Waals surface area contributed by atoms with Crippen molar-refractivity contribution in [3.63, 3.8) is 0 Å². The van der Waals surface area contributed by atoms with Crippen LogP contribution in [-0.4, -0.2) is 26.8 Å². The molecule has 0 aliphatic carbocycles. The smallest absolute Gasteiger partial charge is 0.152 e. The van der Waals surface area contributed by atoms with Crippen LogP contribution in [0.25, 0.3) is 6.08 Å². The van der Waals surface area contributed by atoms with Crippen molar-refractivity contribution >= 4 is 6.08 Å². The summed E-state index contributed by atoms with van der Waals surface area (Å²) in [5.74, 6) is 0.503. The van der Waals surface area contributed by atoms with Gasteiger partial charge in [-0.15, -0.1) is 0 Å². The molecule has 58 valence electrons. The summed E-state index contributed by atoms with van der Waals surface area (Å²) in [6.45, 7) is -0.0375. The number of hydrogen-bond donors (Lipinski definition) is 2. The fourth-order valence-electron chi connectivity index (χ4n) is 0.575. The minimum atomic E-state index is -0.0375. The van der Waals surface area contributed by atoms with Crippen LogP contribution >= 0.6 is 0 Å². The second-order valence-corrected chi connectivity index (χ2v) is 1.88. The second-order valence-electron chi connectivity index (χ2n) is 1.88. The lowest BCUT2D eigenvalue weighted by molar-refractivity contribution is 0.343. The summed E-state index contributed by atoms with van der Waals surface area (Å²) in [7, 11) is 0. The number of aromatic hydroxyl groups is 1. The van der Waals surface area contributed by atoms with Gasteiger partial charge in [-0.25, -0.2) is 9.97 Å². The Morgan fingerprint density at radius 1 is 1.36 bits per heavy atom. The van der Waals surface area contributed by atoms with Crippen LogP contribution in [-0.2, 0) is 0 Å². The first kappa shape index (κ1) is 7.68. The quantitative estimate of drug-likeness (QED) is 0.634. The minimum Gasteiger partial charge on any atom is -0.505 e. The number of hydrogen-bond acceptors (Lipinski definition) is 4. The lowest BCUT2D eigenvalue weighted by Crippen LogP contribution is -1.84. The Balaban J connectivity index is 2.73. The number of aromatic nitrogens is 2. The molecule has 2 N–H and O–H groups in total. The van der Waals surface area contributed by atoms with Gasteiger partial charge in [0.15, 0.2) is 11.6 Å². The first-order valence-corrected chi connectivity index (χ1v) is 3.11. The minimum absolute atomic E-state index is 0.0335. The normalized spacial score (nSPS) is 10.6. The van der Waals surface area contributed by atoms with Crippen molar-refractivity contribution in [3.05, 3.63) is 24.3 Å². The standard InChI is InChI=1S/C7H8N2O2/c10-3-1-2-7-8-4-6(11)5-9-7/h1-2,4-5,10-11H,3H2. The topological polar surface area (TPSA) is 66.2 Å². The summed E-state index contributed by atoms with van der Waals surface area (Å²) >= 11 is 0. The Hall–Kier alpha value is -1.42. The van der Waals surface area contributed by atoms with Crippen molar-refractivity contribution in [1.82, 2.24) is 9.97 Å². The van der Waals surface area contributed by atoms with Crippen molar-refractivity contribution < 1.29 is 10.2 Å². The molecule has 0 atom stereocenters. The van der Waals surface area contributed by atoms with Gasteiger partial charge in [0.1, 0.15) is 0 Å². The molecule has 0 amide bonds. The van der Waals surface area contributed by atoms with Crippen molar-refractivity contribution in [1.29, 1.82) is 0 Å². The van der Waals surface area contributed by atoms with Crippen molar-refractivity contribution in [3.8, 4) is 5.75 Å². The van der Waals surface area contributed by atoms with E-state index in [-0.39, 0.29) is 12.4 Å². The lowest BCUT2D eigenvalue weighted by atomic mass is 10.4. The number of nitrogens with zero attached hydrogens (tertiary/aromatic N) is 2. The summed E-state index contributed by atoms with van der Waals surface area (Å²) in [5, 5.41) is 17.2. The highest BCUT2D eigenvalue weighted by Crippen LogP contribution is 2.02. The molecule has 0 fully saturated rings.